The van der Waals surface area contributed by atoms with E-state index in [4.69, 9.17) is 0 Å². The van der Waals surface area contributed by atoms with Gasteiger partial charge in [-0.15, -0.1) is 0 Å². The lowest BCUT2D eigenvalue weighted by atomic mass is 10.0. The number of carbonyl (C=O) groups is 2. The van der Waals surface area contributed by atoms with Crippen molar-refractivity contribution in [1.29, 1.82) is 0 Å². The van der Waals surface area contributed by atoms with Crippen LogP contribution in [0.1, 0.15) is 34.0 Å². The van der Waals surface area contributed by atoms with Crippen LogP contribution in [0.2, 0.25) is 0 Å². The summed E-state index contributed by atoms with van der Waals surface area (Å²) < 4.78 is 14.9. The van der Waals surface area contributed by atoms with Crippen molar-refractivity contribution in [2.45, 2.75) is 26.4 Å². The molecule has 1 atom stereocenters. The first-order valence-corrected chi connectivity index (χ1v) is 11.8. The number of halogens is 1. The fourth-order valence-corrected chi connectivity index (χ4v) is 3.95. The summed E-state index contributed by atoms with van der Waals surface area (Å²) in [4.78, 5) is 43.2. The highest BCUT2D eigenvalue weighted by Gasteiger charge is 2.17. The second kappa shape index (κ2) is 11.1. The molecule has 2 N–H and O–H groups in total. The Morgan fingerprint density at radius 3 is 2.43 bits per heavy atom. The number of hydrogen-bond donors (Lipinski definition) is 2. The van der Waals surface area contributed by atoms with Gasteiger partial charge in [-0.1, -0.05) is 24.3 Å². The summed E-state index contributed by atoms with van der Waals surface area (Å²) in [5, 5.41) is 5.56. The molecule has 0 saturated carbocycles. The number of pyridine rings is 2. The Hall–Kier alpha value is -4.43. The van der Waals surface area contributed by atoms with E-state index in [1.807, 2.05) is 31.2 Å². The van der Waals surface area contributed by atoms with Gasteiger partial charge in [-0.25, -0.2) is 4.39 Å². The van der Waals surface area contributed by atoms with Gasteiger partial charge in [0, 0.05) is 29.1 Å². The summed E-state index contributed by atoms with van der Waals surface area (Å²) in [5.41, 5.74) is 3.56. The van der Waals surface area contributed by atoms with Gasteiger partial charge in [0.1, 0.15) is 11.5 Å². The third-order valence-electron chi connectivity index (χ3n) is 6.18. The van der Waals surface area contributed by atoms with Gasteiger partial charge in [0.25, 0.3) is 5.56 Å². The van der Waals surface area contributed by atoms with Gasteiger partial charge in [0.15, 0.2) is 5.78 Å². The molecule has 8 heteroatoms. The molecule has 0 aliphatic heterocycles. The molecule has 2 aromatic heterocycles. The van der Waals surface area contributed by atoms with Gasteiger partial charge < -0.3 is 15.2 Å². The molecular formula is C29H27FN4O3. The zero-order valence-electron chi connectivity index (χ0n) is 20.8. The Bertz CT molecular complexity index is 1510. The maximum Gasteiger partial charge on any atom is 0.275 e. The maximum atomic E-state index is 13.6. The Balaban J connectivity index is 1.76. The van der Waals surface area contributed by atoms with E-state index in [1.54, 1.807) is 42.9 Å². The third-order valence-corrected chi connectivity index (χ3v) is 6.18. The molecular weight excluding hydrogens is 471 g/mol. The lowest BCUT2D eigenvalue weighted by molar-refractivity contribution is -0.117. The van der Waals surface area contributed by atoms with Crippen LogP contribution in [-0.2, 0) is 11.3 Å². The highest BCUT2D eigenvalue weighted by atomic mass is 19.1. The fraction of sp³-hybridized carbons (Fsp3) is 0.172. The normalized spacial score (nSPS) is 11.7. The van der Waals surface area contributed by atoms with E-state index >= 15 is 0 Å². The first kappa shape index (κ1) is 25.7. The Labute approximate surface area is 214 Å². The molecule has 37 heavy (non-hydrogen) atoms. The summed E-state index contributed by atoms with van der Waals surface area (Å²) in [6.45, 7) is 3.77. The minimum atomic E-state index is -0.484. The number of rotatable bonds is 8. The van der Waals surface area contributed by atoms with E-state index in [2.05, 4.69) is 15.6 Å². The second-order valence-corrected chi connectivity index (χ2v) is 8.76. The van der Waals surface area contributed by atoms with Crippen LogP contribution in [0.4, 0.5) is 10.1 Å². The van der Waals surface area contributed by atoms with Crippen LogP contribution in [0.15, 0.2) is 83.9 Å². The molecule has 7 nitrogen and oxygen atoms in total. The molecule has 0 spiro atoms. The number of hydrogen-bond acceptors (Lipinski definition) is 5. The Kier molecular flexibility index (Phi) is 7.69. The molecule has 4 rings (SSSR count). The Morgan fingerprint density at radius 1 is 1.00 bits per heavy atom. The Morgan fingerprint density at radius 2 is 1.73 bits per heavy atom. The SMILES string of the molecule is CN[C@H](C)C(=O)Nc1ccc(-c2ccccc2C)n(Cc2cncc(C(=O)c3ccc(F)cc3)c2)c1=O. The molecule has 0 unspecified atom stereocenters. The van der Waals surface area contributed by atoms with Crippen molar-refractivity contribution in [2.24, 2.45) is 0 Å². The molecule has 2 aromatic carbocycles. The second-order valence-electron chi connectivity index (χ2n) is 8.76. The summed E-state index contributed by atoms with van der Waals surface area (Å²) in [6.07, 6.45) is 3.03. The van der Waals surface area contributed by atoms with Crippen molar-refractivity contribution in [3.8, 4) is 11.3 Å². The zero-order valence-corrected chi connectivity index (χ0v) is 20.8. The summed E-state index contributed by atoms with van der Waals surface area (Å²) in [5.74, 6) is -1.06. The number of amides is 1. The fourth-order valence-electron chi connectivity index (χ4n) is 3.95. The number of nitrogens with zero attached hydrogens (tertiary/aromatic N) is 2. The van der Waals surface area contributed by atoms with Crippen molar-refractivity contribution in [3.05, 3.63) is 118 Å². The van der Waals surface area contributed by atoms with Crippen molar-refractivity contribution < 1.29 is 14.0 Å². The minimum absolute atomic E-state index is 0.116. The number of ketones is 1. The number of aromatic nitrogens is 2. The van der Waals surface area contributed by atoms with Gasteiger partial charge in [-0.2, -0.15) is 0 Å². The van der Waals surface area contributed by atoms with Crippen LogP contribution >= 0.6 is 0 Å². The number of anilines is 1. The van der Waals surface area contributed by atoms with Crippen LogP contribution in [-0.4, -0.2) is 34.3 Å². The monoisotopic (exact) mass is 498 g/mol. The van der Waals surface area contributed by atoms with Crippen molar-refractivity contribution in [2.75, 3.05) is 12.4 Å². The number of aryl methyl sites for hydroxylation is 1. The molecule has 0 aliphatic rings. The molecule has 2 heterocycles. The van der Waals surface area contributed by atoms with Gasteiger partial charge in [0.05, 0.1) is 18.3 Å². The van der Waals surface area contributed by atoms with Crippen LogP contribution in [0.5, 0.6) is 0 Å². The topological polar surface area (TPSA) is 93.1 Å². The zero-order chi connectivity index (χ0) is 26.5. The number of benzene rings is 2. The minimum Gasteiger partial charge on any atom is -0.320 e. The molecule has 1 amide bonds. The van der Waals surface area contributed by atoms with Crippen molar-refractivity contribution >= 4 is 17.4 Å². The van der Waals surface area contributed by atoms with Gasteiger partial charge in [0.2, 0.25) is 5.91 Å². The highest BCUT2D eigenvalue weighted by Crippen LogP contribution is 2.24. The van der Waals surface area contributed by atoms with Crippen LogP contribution in [0.3, 0.4) is 0 Å². The lowest BCUT2D eigenvalue weighted by Gasteiger charge is -2.18. The molecule has 0 saturated heterocycles. The average Bonchev–Trinajstić information content (AvgIpc) is 2.91. The number of likely N-dealkylation sites (N-methyl/N-ethyl adjacent to an activating group) is 1. The van der Waals surface area contributed by atoms with E-state index < -0.39 is 11.9 Å². The number of nitrogens with one attached hydrogen (secondary N) is 2. The maximum absolute atomic E-state index is 13.6. The first-order valence-electron chi connectivity index (χ1n) is 11.8. The molecule has 4 aromatic rings. The standard InChI is InChI=1S/C29H27FN4O3/c1-18-6-4-5-7-24(18)26-13-12-25(33-28(36)19(2)31-3)29(37)34(26)17-20-14-22(16-32-15-20)27(35)21-8-10-23(30)11-9-21/h4-16,19,31H,17H2,1-3H3,(H,33,36)/t19-/m1/s1. The molecule has 0 bridgehead atoms. The molecule has 0 aliphatic carbocycles. The van der Waals surface area contributed by atoms with Crippen LogP contribution in [0.25, 0.3) is 11.3 Å². The summed E-state index contributed by atoms with van der Waals surface area (Å²) in [7, 11) is 1.66. The van der Waals surface area contributed by atoms with E-state index in [1.165, 1.54) is 30.5 Å². The molecule has 188 valence electrons. The van der Waals surface area contributed by atoms with Crippen LogP contribution in [0, 0.1) is 12.7 Å². The van der Waals surface area contributed by atoms with Gasteiger partial charge in [-0.05, 0) is 74.5 Å². The van der Waals surface area contributed by atoms with Crippen molar-refractivity contribution in [1.82, 2.24) is 14.9 Å². The predicted molar refractivity (Wildman–Crippen MR) is 141 cm³/mol. The van der Waals surface area contributed by atoms with Gasteiger partial charge >= 0.3 is 0 Å². The average molecular weight is 499 g/mol. The largest absolute Gasteiger partial charge is 0.320 e. The quantitative estimate of drug-likeness (QED) is 0.356. The highest BCUT2D eigenvalue weighted by molar-refractivity contribution is 6.08. The molecule has 0 fully saturated rings. The van der Waals surface area contributed by atoms with E-state index in [-0.39, 0.29) is 29.5 Å². The van der Waals surface area contributed by atoms with Gasteiger partial charge in [-0.3, -0.25) is 19.4 Å². The van der Waals surface area contributed by atoms with E-state index in [0.29, 0.717) is 22.4 Å². The van der Waals surface area contributed by atoms with Crippen LogP contribution < -0.4 is 16.2 Å². The third kappa shape index (κ3) is 5.70. The van der Waals surface area contributed by atoms with E-state index in [0.717, 1.165) is 11.1 Å². The number of carbonyl (C=O) groups excluding carboxylic acids is 2. The van der Waals surface area contributed by atoms with E-state index in [9.17, 15) is 18.8 Å². The van der Waals surface area contributed by atoms with Crippen molar-refractivity contribution in [3.63, 3.8) is 0 Å². The predicted octanol–water partition coefficient (Wildman–Crippen LogP) is 4.18. The summed E-state index contributed by atoms with van der Waals surface area (Å²) >= 11 is 0. The summed E-state index contributed by atoms with van der Waals surface area (Å²) in [6, 6.07) is 17.6. The first-order chi connectivity index (χ1) is 17.8. The molecule has 0 radical (unpaired) electrons. The lowest BCUT2D eigenvalue weighted by Crippen LogP contribution is -2.37. The smallest absolute Gasteiger partial charge is 0.275 e.